The number of hydrogen-bond donors (Lipinski definition) is 1. The number of pyridine rings is 1. The molecule has 40 heavy (non-hydrogen) atoms. The second-order valence-corrected chi connectivity index (χ2v) is 11.8. The molecule has 1 aromatic heterocycles. The van der Waals surface area contributed by atoms with Gasteiger partial charge in [0, 0.05) is 30.8 Å². The highest BCUT2D eigenvalue weighted by Crippen LogP contribution is 2.44. The largest absolute Gasteiger partial charge is 0.419 e. The molecule has 2 aromatic rings. The lowest BCUT2D eigenvalue weighted by Gasteiger charge is -2.30. The van der Waals surface area contributed by atoms with Crippen LogP contribution >= 0.6 is 0 Å². The standard InChI is InChI=1S/C24H21F8N3O4S/c1-40(38,39)13-6-12(9-33-10-13)22(37)35-5-4-15(23(27,28)29)20(35)21(36)34-19(11-2-3-11)14-7-18(26)16(8-17(14)25)24(30,31)32/h6-11,15,19-20H,2-5H2,1H3,(H,34,36)/t15-,19-,20-/m1/s1. The fourth-order valence-electron chi connectivity index (χ4n) is 4.73. The fourth-order valence-corrected chi connectivity index (χ4v) is 5.32. The number of amides is 2. The Labute approximate surface area is 222 Å². The first-order valence-electron chi connectivity index (χ1n) is 11.8. The molecule has 1 saturated carbocycles. The van der Waals surface area contributed by atoms with E-state index in [1.54, 1.807) is 0 Å². The molecule has 1 aliphatic heterocycles. The summed E-state index contributed by atoms with van der Waals surface area (Å²) in [6.45, 7) is -0.554. The summed E-state index contributed by atoms with van der Waals surface area (Å²) >= 11 is 0. The van der Waals surface area contributed by atoms with Gasteiger partial charge in [0.2, 0.25) is 5.91 Å². The average Bonchev–Trinajstić information content (AvgIpc) is 3.57. The molecule has 218 valence electrons. The fraction of sp³-hybridized carbons (Fsp3) is 0.458. The van der Waals surface area contributed by atoms with E-state index in [4.69, 9.17) is 0 Å². The maximum Gasteiger partial charge on any atom is 0.419 e. The molecule has 2 fully saturated rings. The molecule has 0 spiro atoms. The van der Waals surface area contributed by atoms with Crippen molar-refractivity contribution in [2.24, 2.45) is 11.8 Å². The third-order valence-corrected chi connectivity index (χ3v) is 7.93. The van der Waals surface area contributed by atoms with Crippen LogP contribution in [-0.2, 0) is 20.8 Å². The summed E-state index contributed by atoms with van der Waals surface area (Å²) in [7, 11) is -3.84. The Morgan fingerprint density at radius 3 is 2.20 bits per heavy atom. The molecule has 2 aliphatic rings. The lowest BCUT2D eigenvalue weighted by atomic mass is 9.95. The molecule has 1 aromatic carbocycles. The van der Waals surface area contributed by atoms with Gasteiger partial charge in [0.25, 0.3) is 5.91 Å². The molecular formula is C24H21F8N3O4S. The molecule has 4 rings (SSSR count). The van der Waals surface area contributed by atoms with Crippen molar-refractivity contribution < 1.29 is 53.1 Å². The number of nitrogens with zero attached hydrogens (tertiary/aromatic N) is 2. The Bertz CT molecular complexity index is 1440. The average molecular weight is 600 g/mol. The highest BCUT2D eigenvalue weighted by Gasteiger charge is 2.55. The maximum atomic E-state index is 14.7. The minimum Gasteiger partial charge on any atom is -0.347 e. The minimum atomic E-state index is -5.21. The quantitative estimate of drug-likeness (QED) is 0.496. The van der Waals surface area contributed by atoms with Gasteiger partial charge >= 0.3 is 12.4 Å². The van der Waals surface area contributed by atoms with Gasteiger partial charge in [-0.1, -0.05) is 0 Å². The van der Waals surface area contributed by atoms with Gasteiger partial charge in [-0.15, -0.1) is 0 Å². The van der Waals surface area contributed by atoms with Crippen molar-refractivity contribution in [3.63, 3.8) is 0 Å². The summed E-state index contributed by atoms with van der Waals surface area (Å²) in [5, 5.41) is 2.21. The first kappa shape index (κ1) is 29.7. The number of likely N-dealkylation sites (tertiary alicyclic amines) is 1. The predicted octanol–water partition coefficient (Wildman–Crippen LogP) is 4.44. The van der Waals surface area contributed by atoms with Crippen LogP contribution in [0.15, 0.2) is 35.5 Å². The van der Waals surface area contributed by atoms with Gasteiger partial charge < -0.3 is 10.2 Å². The Morgan fingerprint density at radius 1 is 1.00 bits per heavy atom. The zero-order valence-electron chi connectivity index (χ0n) is 20.5. The van der Waals surface area contributed by atoms with Gasteiger partial charge in [-0.3, -0.25) is 14.6 Å². The van der Waals surface area contributed by atoms with Crippen molar-refractivity contribution in [2.75, 3.05) is 12.8 Å². The molecule has 2 heterocycles. The summed E-state index contributed by atoms with van der Waals surface area (Å²) in [4.78, 5) is 30.3. The summed E-state index contributed by atoms with van der Waals surface area (Å²) < 4.78 is 133. The van der Waals surface area contributed by atoms with Crippen LogP contribution in [0.25, 0.3) is 0 Å². The molecule has 0 unspecified atom stereocenters. The van der Waals surface area contributed by atoms with E-state index >= 15 is 0 Å². The van der Waals surface area contributed by atoms with Gasteiger partial charge in [0.05, 0.1) is 28.0 Å². The maximum absolute atomic E-state index is 14.7. The zero-order chi connectivity index (χ0) is 29.8. The van der Waals surface area contributed by atoms with E-state index < -0.39 is 99.2 Å². The highest BCUT2D eigenvalue weighted by molar-refractivity contribution is 7.90. The van der Waals surface area contributed by atoms with E-state index in [1.165, 1.54) is 0 Å². The summed E-state index contributed by atoms with van der Waals surface area (Å²) in [5.41, 5.74) is -2.96. The van der Waals surface area contributed by atoms with Gasteiger partial charge in [-0.2, -0.15) is 26.3 Å². The normalized spacial score (nSPS) is 20.9. The molecular weight excluding hydrogens is 578 g/mol. The second-order valence-electron chi connectivity index (χ2n) is 9.74. The first-order chi connectivity index (χ1) is 18.4. The van der Waals surface area contributed by atoms with E-state index in [9.17, 15) is 53.1 Å². The lowest BCUT2D eigenvalue weighted by Crippen LogP contribution is -2.52. The third-order valence-electron chi connectivity index (χ3n) is 6.85. The number of halogens is 8. The Hall–Kier alpha value is -3.30. The van der Waals surface area contributed by atoms with Crippen LogP contribution < -0.4 is 5.32 Å². The Morgan fingerprint density at radius 2 is 1.65 bits per heavy atom. The SMILES string of the molecule is CS(=O)(=O)c1cncc(C(=O)N2CC[C@@H](C(F)(F)F)[C@@H]2C(=O)N[C@@H](c2cc(F)c(C(F)(F)F)cc2F)C2CC2)c1. The molecule has 3 atom stereocenters. The predicted molar refractivity (Wildman–Crippen MR) is 121 cm³/mol. The summed E-state index contributed by atoms with van der Waals surface area (Å²) in [6.07, 6.45) is -7.55. The van der Waals surface area contributed by atoms with Gasteiger partial charge in [0.1, 0.15) is 17.7 Å². The zero-order valence-corrected chi connectivity index (χ0v) is 21.3. The van der Waals surface area contributed by atoms with Crippen molar-refractivity contribution >= 4 is 21.7 Å². The third kappa shape index (κ3) is 6.05. The molecule has 1 saturated heterocycles. The van der Waals surface area contributed by atoms with Gasteiger partial charge in [-0.25, -0.2) is 17.2 Å². The molecule has 16 heteroatoms. The van der Waals surface area contributed by atoms with E-state index in [0.29, 0.717) is 17.7 Å². The van der Waals surface area contributed by atoms with E-state index in [2.05, 4.69) is 10.3 Å². The number of carbonyl (C=O) groups is 2. The van der Waals surface area contributed by atoms with Crippen LogP contribution in [0.2, 0.25) is 0 Å². The molecule has 7 nitrogen and oxygen atoms in total. The van der Waals surface area contributed by atoms with E-state index in [0.717, 1.165) is 24.7 Å². The highest BCUT2D eigenvalue weighted by atomic mass is 32.2. The van der Waals surface area contributed by atoms with Crippen molar-refractivity contribution in [2.45, 2.75) is 48.6 Å². The minimum absolute atomic E-state index is 0.0854. The van der Waals surface area contributed by atoms with Crippen molar-refractivity contribution in [1.29, 1.82) is 0 Å². The molecule has 2 amide bonds. The lowest BCUT2D eigenvalue weighted by molar-refractivity contribution is -0.182. The monoisotopic (exact) mass is 599 g/mol. The van der Waals surface area contributed by atoms with E-state index in [-0.39, 0.29) is 17.0 Å². The number of rotatable bonds is 6. The van der Waals surface area contributed by atoms with Crippen LogP contribution in [0.5, 0.6) is 0 Å². The number of aromatic nitrogens is 1. The van der Waals surface area contributed by atoms with Crippen LogP contribution in [0.1, 0.15) is 46.8 Å². The summed E-state index contributed by atoms with van der Waals surface area (Å²) in [5.74, 6) is -8.80. The van der Waals surface area contributed by atoms with Crippen molar-refractivity contribution in [3.05, 3.63) is 58.9 Å². The number of hydrogen-bond acceptors (Lipinski definition) is 5. The first-order valence-corrected chi connectivity index (χ1v) is 13.7. The summed E-state index contributed by atoms with van der Waals surface area (Å²) in [6, 6.07) is -2.59. The number of sulfone groups is 1. The van der Waals surface area contributed by atoms with E-state index in [1.807, 2.05) is 0 Å². The number of benzene rings is 1. The topological polar surface area (TPSA) is 96.4 Å². The van der Waals surface area contributed by atoms with Crippen LogP contribution in [0.4, 0.5) is 35.1 Å². The Kier molecular flexibility index (Phi) is 7.62. The number of carbonyl (C=O) groups excluding carboxylic acids is 2. The van der Waals surface area contributed by atoms with Crippen molar-refractivity contribution in [1.82, 2.24) is 15.2 Å². The second kappa shape index (κ2) is 10.3. The van der Waals surface area contributed by atoms with Gasteiger partial charge in [-0.05, 0) is 43.4 Å². The number of nitrogens with one attached hydrogen (secondary N) is 1. The van der Waals surface area contributed by atoms with Crippen LogP contribution in [0.3, 0.4) is 0 Å². The molecule has 1 aliphatic carbocycles. The van der Waals surface area contributed by atoms with Crippen LogP contribution in [-0.4, -0.2) is 55.1 Å². The van der Waals surface area contributed by atoms with Crippen molar-refractivity contribution in [3.8, 4) is 0 Å². The molecule has 1 N–H and O–H groups in total. The van der Waals surface area contributed by atoms with Crippen LogP contribution in [0, 0.1) is 23.5 Å². The number of alkyl halides is 6. The Balaban J connectivity index is 1.68. The smallest absolute Gasteiger partial charge is 0.347 e. The van der Waals surface area contributed by atoms with Gasteiger partial charge in [0.15, 0.2) is 9.84 Å². The molecule has 0 bridgehead atoms. The molecule has 0 radical (unpaired) electrons.